The normalized spacial score (nSPS) is 14.2. The minimum Gasteiger partial charge on any atom is -0.383 e. The number of rotatable bonds is 7. The third-order valence-corrected chi connectivity index (χ3v) is 6.73. The van der Waals surface area contributed by atoms with E-state index in [1.165, 1.54) is 24.1 Å². The highest BCUT2D eigenvalue weighted by molar-refractivity contribution is 8.26. The minimum atomic E-state index is -6.18. The van der Waals surface area contributed by atoms with Crippen molar-refractivity contribution < 1.29 is 35.1 Å². The maximum absolute atomic E-state index is 13.9. The van der Waals surface area contributed by atoms with Crippen molar-refractivity contribution in [2.75, 3.05) is 4.31 Å². The third kappa shape index (κ3) is 7.77. The first-order valence-corrected chi connectivity index (χ1v) is 13.0. The molecule has 3 aromatic carbocycles. The lowest BCUT2D eigenvalue weighted by Gasteiger charge is -2.30. The van der Waals surface area contributed by atoms with Gasteiger partial charge in [-0.3, -0.25) is 9.71 Å². The molecule has 228 valence electrons. The van der Waals surface area contributed by atoms with Crippen LogP contribution in [0.1, 0.15) is 42.0 Å². The maximum atomic E-state index is 13.9. The molecule has 15 heteroatoms. The SMILES string of the molecule is CC(C)c1ccc(F)cc1N1SC1=N.N=Cc1ccc(C(N)=NC=Nc2ccc(C(F)(C(F)(F)F)C(F)(F)F)cc2)cc1. The lowest BCUT2D eigenvalue weighted by molar-refractivity contribution is -0.348. The summed E-state index contributed by atoms with van der Waals surface area (Å²) >= 11 is 1.33. The van der Waals surface area contributed by atoms with Crippen molar-refractivity contribution in [1.82, 2.24) is 0 Å². The van der Waals surface area contributed by atoms with E-state index in [9.17, 15) is 35.1 Å². The van der Waals surface area contributed by atoms with Gasteiger partial charge in [0.15, 0.2) is 5.17 Å². The molecule has 1 aliphatic heterocycles. The maximum Gasteiger partial charge on any atom is 0.435 e. The molecule has 43 heavy (non-hydrogen) atoms. The fraction of sp³-hybridized carbons (Fsp3) is 0.214. The highest BCUT2D eigenvalue weighted by atomic mass is 32.2. The summed E-state index contributed by atoms with van der Waals surface area (Å²) in [6, 6.07) is 13.5. The van der Waals surface area contributed by atoms with Crippen LogP contribution >= 0.6 is 11.9 Å². The molecular formula is C28H24F8N6S. The molecule has 1 heterocycles. The first-order valence-electron chi connectivity index (χ1n) is 12.2. The van der Waals surface area contributed by atoms with Crippen molar-refractivity contribution in [3.63, 3.8) is 0 Å². The molecule has 3 aromatic rings. The number of alkyl halides is 7. The Bertz CT molecular complexity index is 1500. The van der Waals surface area contributed by atoms with Gasteiger partial charge in [-0.25, -0.2) is 18.8 Å². The zero-order valence-corrected chi connectivity index (χ0v) is 23.3. The van der Waals surface area contributed by atoms with Gasteiger partial charge in [0, 0.05) is 29.3 Å². The second kappa shape index (κ2) is 12.9. The summed E-state index contributed by atoms with van der Waals surface area (Å²) in [5, 5.41) is 15.0. The minimum absolute atomic E-state index is 0.0406. The Morgan fingerprint density at radius 2 is 1.47 bits per heavy atom. The molecule has 0 unspecified atom stereocenters. The van der Waals surface area contributed by atoms with E-state index < -0.39 is 23.6 Å². The summed E-state index contributed by atoms with van der Waals surface area (Å²) in [5.74, 6) is 0.142. The molecule has 0 spiro atoms. The highest BCUT2D eigenvalue weighted by Gasteiger charge is 2.73. The number of hydrogen-bond acceptors (Lipinski definition) is 4. The smallest absolute Gasteiger partial charge is 0.383 e. The first kappa shape index (κ1) is 33.2. The van der Waals surface area contributed by atoms with E-state index in [1.807, 2.05) is 0 Å². The monoisotopic (exact) mass is 628 g/mol. The molecule has 0 atom stereocenters. The van der Waals surface area contributed by atoms with Crippen molar-refractivity contribution in [3.05, 3.63) is 94.8 Å². The van der Waals surface area contributed by atoms with Crippen molar-refractivity contribution in [1.29, 1.82) is 10.8 Å². The molecule has 0 amide bonds. The van der Waals surface area contributed by atoms with Crippen LogP contribution in [-0.2, 0) is 5.67 Å². The Morgan fingerprint density at radius 3 is 1.93 bits per heavy atom. The Labute approximate surface area is 245 Å². The summed E-state index contributed by atoms with van der Waals surface area (Å²) in [5.41, 5.74) is 1.62. The number of aliphatic imine (C=N–C) groups is 2. The average molecular weight is 629 g/mol. The fourth-order valence-electron chi connectivity index (χ4n) is 3.65. The van der Waals surface area contributed by atoms with Crippen molar-refractivity contribution in [2.45, 2.75) is 37.8 Å². The molecule has 1 saturated heterocycles. The van der Waals surface area contributed by atoms with Gasteiger partial charge in [-0.05, 0) is 41.3 Å². The van der Waals surface area contributed by atoms with Crippen LogP contribution in [0.2, 0.25) is 0 Å². The van der Waals surface area contributed by atoms with Crippen LogP contribution < -0.4 is 10.0 Å². The molecule has 4 N–H and O–H groups in total. The average Bonchev–Trinajstić information content (AvgIpc) is 3.68. The Balaban J connectivity index is 0.000000299. The molecule has 0 aromatic heterocycles. The molecule has 0 bridgehead atoms. The molecule has 0 saturated carbocycles. The van der Waals surface area contributed by atoms with Gasteiger partial charge < -0.3 is 11.1 Å². The summed E-state index contributed by atoms with van der Waals surface area (Å²) in [4.78, 5) is 7.55. The standard InChI is InChI=1S/C18H13F7N4.C10H11FN2S/c19-16(17(20,21)22,18(23,24)25)13-5-7-14(8-6-13)28-10-29-15(27)12-3-1-11(9-26)2-4-12;1-6(2)8-4-3-7(11)5-9(8)13-10(12)14-13/h1-10,26H,(H2,27,28,29);3-6,12H,1-2H3. The van der Waals surface area contributed by atoms with E-state index >= 15 is 0 Å². The Morgan fingerprint density at radius 1 is 0.907 bits per heavy atom. The van der Waals surface area contributed by atoms with Crippen LogP contribution in [0.4, 0.5) is 46.5 Å². The number of nitrogens with zero attached hydrogens (tertiary/aromatic N) is 3. The number of nitrogens with one attached hydrogen (secondary N) is 2. The number of benzene rings is 3. The van der Waals surface area contributed by atoms with E-state index in [0.29, 0.717) is 34.3 Å². The first-order chi connectivity index (χ1) is 20.0. The topological polar surface area (TPSA) is 101 Å². The lowest BCUT2D eigenvalue weighted by Crippen LogP contribution is -2.50. The zero-order valence-electron chi connectivity index (χ0n) is 22.4. The molecule has 1 fully saturated rings. The predicted octanol–water partition coefficient (Wildman–Crippen LogP) is 8.39. The van der Waals surface area contributed by atoms with Gasteiger partial charge >= 0.3 is 18.0 Å². The Hall–Kier alpha value is -4.27. The van der Waals surface area contributed by atoms with Gasteiger partial charge in [0.25, 0.3) is 0 Å². The molecule has 1 aliphatic rings. The Kier molecular flexibility index (Phi) is 10.00. The molecular weight excluding hydrogens is 604 g/mol. The number of nitrogens with two attached hydrogens (primary N) is 1. The van der Waals surface area contributed by atoms with Gasteiger partial charge in [-0.1, -0.05) is 56.3 Å². The van der Waals surface area contributed by atoms with Crippen LogP contribution in [0.15, 0.2) is 76.7 Å². The number of anilines is 1. The van der Waals surface area contributed by atoms with Gasteiger partial charge in [-0.15, -0.1) is 0 Å². The lowest BCUT2D eigenvalue weighted by atomic mass is 9.94. The van der Waals surface area contributed by atoms with E-state index in [1.54, 1.807) is 34.6 Å². The van der Waals surface area contributed by atoms with E-state index in [4.69, 9.17) is 16.6 Å². The summed E-state index contributed by atoms with van der Waals surface area (Å²) < 4.78 is 105. The van der Waals surface area contributed by atoms with E-state index in [2.05, 4.69) is 23.8 Å². The second-order valence-corrected chi connectivity index (χ2v) is 10.2. The quantitative estimate of drug-likeness (QED) is 0.0805. The largest absolute Gasteiger partial charge is 0.435 e. The van der Waals surface area contributed by atoms with Crippen LogP contribution in [-0.4, -0.2) is 35.9 Å². The number of amidine groups is 2. The number of halogens is 8. The third-order valence-electron chi connectivity index (χ3n) is 5.99. The number of hydrogen-bond donors (Lipinski definition) is 3. The molecule has 6 nitrogen and oxygen atoms in total. The van der Waals surface area contributed by atoms with E-state index in [0.717, 1.165) is 35.9 Å². The second-order valence-electron chi connectivity index (χ2n) is 9.27. The van der Waals surface area contributed by atoms with Crippen molar-refractivity contribution in [3.8, 4) is 0 Å². The van der Waals surface area contributed by atoms with Crippen LogP contribution in [0.3, 0.4) is 0 Å². The van der Waals surface area contributed by atoms with Crippen molar-refractivity contribution >= 4 is 46.9 Å². The van der Waals surface area contributed by atoms with Crippen LogP contribution in [0, 0.1) is 16.6 Å². The predicted molar refractivity (Wildman–Crippen MR) is 153 cm³/mol. The van der Waals surface area contributed by atoms with Gasteiger partial charge in [-0.2, -0.15) is 26.3 Å². The summed E-state index contributed by atoms with van der Waals surface area (Å²) in [7, 11) is 0. The van der Waals surface area contributed by atoms with Gasteiger partial charge in [0.1, 0.15) is 18.0 Å². The highest BCUT2D eigenvalue weighted by Crippen LogP contribution is 2.53. The van der Waals surface area contributed by atoms with E-state index in [-0.39, 0.29) is 17.3 Å². The van der Waals surface area contributed by atoms with Crippen molar-refractivity contribution in [2.24, 2.45) is 15.7 Å². The van der Waals surface area contributed by atoms with Crippen LogP contribution in [0.5, 0.6) is 0 Å². The zero-order chi connectivity index (χ0) is 32.2. The molecule has 0 aliphatic carbocycles. The van der Waals surface area contributed by atoms with Gasteiger partial charge in [0.2, 0.25) is 0 Å². The molecule has 4 rings (SSSR count). The van der Waals surface area contributed by atoms with Crippen LogP contribution in [0.25, 0.3) is 0 Å². The van der Waals surface area contributed by atoms with Gasteiger partial charge in [0.05, 0.1) is 11.4 Å². The molecule has 0 radical (unpaired) electrons. The summed E-state index contributed by atoms with van der Waals surface area (Å²) in [6.07, 6.45) is -10.3. The fourth-order valence-corrected chi connectivity index (χ4v) is 4.14. The summed E-state index contributed by atoms with van der Waals surface area (Å²) in [6.45, 7) is 4.13.